The minimum absolute atomic E-state index is 0.0682. The third kappa shape index (κ3) is 4.41. The lowest BCUT2D eigenvalue weighted by molar-refractivity contribution is -0.384. The SMILES string of the molecule is Cc1ccc(-c2cc(C(=O)NCc3ccccc3)n(-c3cccc([N+](=O)[O-])c3)n2)cc1C. The van der Waals surface area contributed by atoms with E-state index in [4.69, 9.17) is 0 Å². The zero-order chi connectivity index (χ0) is 22.7. The molecule has 1 N–H and O–H groups in total. The zero-order valence-corrected chi connectivity index (χ0v) is 17.8. The molecular formula is C25H22N4O3. The number of carbonyl (C=O) groups is 1. The zero-order valence-electron chi connectivity index (χ0n) is 17.8. The second-order valence-corrected chi connectivity index (χ2v) is 7.57. The van der Waals surface area contributed by atoms with Gasteiger partial charge in [-0.3, -0.25) is 14.9 Å². The average molecular weight is 426 g/mol. The molecule has 0 saturated heterocycles. The summed E-state index contributed by atoms with van der Waals surface area (Å²) in [6, 6.07) is 23.4. The van der Waals surface area contributed by atoms with E-state index in [2.05, 4.69) is 10.4 Å². The Morgan fingerprint density at radius 2 is 1.75 bits per heavy atom. The number of hydrogen-bond donors (Lipinski definition) is 1. The lowest BCUT2D eigenvalue weighted by Crippen LogP contribution is -2.25. The number of nitrogens with zero attached hydrogens (tertiary/aromatic N) is 3. The normalized spacial score (nSPS) is 10.7. The number of rotatable bonds is 6. The van der Waals surface area contributed by atoms with Gasteiger partial charge in [0.05, 0.1) is 16.3 Å². The molecule has 0 unspecified atom stereocenters. The summed E-state index contributed by atoms with van der Waals surface area (Å²) >= 11 is 0. The highest BCUT2D eigenvalue weighted by atomic mass is 16.6. The van der Waals surface area contributed by atoms with Crippen LogP contribution in [0.4, 0.5) is 5.69 Å². The Hall–Kier alpha value is -4.26. The van der Waals surface area contributed by atoms with Crippen molar-refractivity contribution < 1.29 is 9.72 Å². The van der Waals surface area contributed by atoms with Crippen LogP contribution in [0, 0.1) is 24.0 Å². The Balaban J connectivity index is 1.75. The summed E-state index contributed by atoms with van der Waals surface area (Å²) in [7, 11) is 0. The molecule has 0 fully saturated rings. The van der Waals surface area contributed by atoms with Crippen LogP contribution in [-0.4, -0.2) is 20.6 Å². The van der Waals surface area contributed by atoms with Gasteiger partial charge in [-0.05, 0) is 48.7 Å². The summed E-state index contributed by atoms with van der Waals surface area (Å²) in [4.78, 5) is 23.9. The highest BCUT2D eigenvalue weighted by molar-refractivity contribution is 5.94. The molecule has 4 aromatic rings. The molecule has 1 aromatic heterocycles. The fourth-order valence-electron chi connectivity index (χ4n) is 3.39. The fourth-order valence-corrected chi connectivity index (χ4v) is 3.39. The first-order valence-electron chi connectivity index (χ1n) is 10.2. The van der Waals surface area contributed by atoms with Crippen molar-refractivity contribution in [2.24, 2.45) is 0 Å². The first-order chi connectivity index (χ1) is 15.4. The molecule has 1 amide bonds. The maximum atomic E-state index is 13.1. The van der Waals surface area contributed by atoms with Gasteiger partial charge in [0.25, 0.3) is 11.6 Å². The molecule has 0 bridgehead atoms. The van der Waals surface area contributed by atoms with Crippen LogP contribution in [0.2, 0.25) is 0 Å². The minimum atomic E-state index is -0.466. The molecule has 32 heavy (non-hydrogen) atoms. The van der Waals surface area contributed by atoms with Crippen LogP contribution >= 0.6 is 0 Å². The van der Waals surface area contributed by atoms with Crippen molar-refractivity contribution in [1.82, 2.24) is 15.1 Å². The van der Waals surface area contributed by atoms with E-state index in [0.717, 1.165) is 22.3 Å². The van der Waals surface area contributed by atoms with Crippen molar-refractivity contribution in [1.29, 1.82) is 0 Å². The second-order valence-electron chi connectivity index (χ2n) is 7.57. The maximum Gasteiger partial charge on any atom is 0.271 e. The summed E-state index contributed by atoms with van der Waals surface area (Å²) in [5.41, 5.74) is 5.40. The molecule has 7 nitrogen and oxygen atoms in total. The number of aryl methyl sites for hydroxylation is 2. The van der Waals surface area contributed by atoms with Gasteiger partial charge in [0.15, 0.2) is 0 Å². The quantitative estimate of drug-likeness (QED) is 0.347. The van der Waals surface area contributed by atoms with Crippen LogP contribution in [-0.2, 0) is 6.54 Å². The Morgan fingerprint density at radius 1 is 0.969 bits per heavy atom. The number of benzene rings is 3. The first kappa shape index (κ1) is 21.0. The number of aromatic nitrogens is 2. The molecule has 0 aliphatic heterocycles. The molecule has 0 aliphatic rings. The van der Waals surface area contributed by atoms with Gasteiger partial charge in [0, 0.05) is 24.2 Å². The average Bonchev–Trinajstić information content (AvgIpc) is 3.26. The highest BCUT2D eigenvalue weighted by Crippen LogP contribution is 2.25. The van der Waals surface area contributed by atoms with Crippen molar-refractivity contribution >= 4 is 11.6 Å². The van der Waals surface area contributed by atoms with Gasteiger partial charge in [0.2, 0.25) is 0 Å². The number of nitrogens with one attached hydrogen (secondary N) is 1. The van der Waals surface area contributed by atoms with Gasteiger partial charge in [-0.25, -0.2) is 4.68 Å². The number of nitro benzene ring substituents is 1. The minimum Gasteiger partial charge on any atom is -0.347 e. The topological polar surface area (TPSA) is 90.1 Å². The predicted octanol–water partition coefficient (Wildman–Crippen LogP) is 4.99. The van der Waals surface area contributed by atoms with Crippen LogP contribution in [0.1, 0.15) is 27.2 Å². The number of carbonyl (C=O) groups excluding carboxylic acids is 1. The van der Waals surface area contributed by atoms with Gasteiger partial charge in [0.1, 0.15) is 5.69 Å². The fraction of sp³-hybridized carbons (Fsp3) is 0.120. The van der Waals surface area contributed by atoms with E-state index in [0.29, 0.717) is 23.6 Å². The molecule has 0 aliphatic carbocycles. The Morgan fingerprint density at radius 3 is 2.47 bits per heavy atom. The Bertz CT molecular complexity index is 1300. The van der Waals surface area contributed by atoms with E-state index in [1.807, 2.05) is 62.4 Å². The third-order valence-corrected chi connectivity index (χ3v) is 5.33. The summed E-state index contributed by atoms with van der Waals surface area (Å²) < 4.78 is 1.46. The van der Waals surface area contributed by atoms with Crippen molar-refractivity contribution in [2.75, 3.05) is 0 Å². The Kier molecular flexibility index (Phi) is 5.81. The molecule has 1 heterocycles. The number of nitro groups is 1. The highest BCUT2D eigenvalue weighted by Gasteiger charge is 2.19. The predicted molar refractivity (Wildman–Crippen MR) is 123 cm³/mol. The van der Waals surface area contributed by atoms with Gasteiger partial charge in [-0.1, -0.05) is 48.5 Å². The van der Waals surface area contributed by atoms with E-state index in [1.165, 1.54) is 16.8 Å². The summed E-state index contributed by atoms with van der Waals surface area (Å²) in [6.45, 7) is 4.41. The largest absolute Gasteiger partial charge is 0.347 e. The second kappa shape index (κ2) is 8.85. The number of non-ortho nitro benzene ring substituents is 1. The van der Waals surface area contributed by atoms with Crippen LogP contribution in [0.25, 0.3) is 16.9 Å². The van der Waals surface area contributed by atoms with E-state index in [-0.39, 0.29) is 11.6 Å². The number of amides is 1. The van der Waals surface area contributed by atoms with Crippen LogP contribution < -0.4 is 5.32 Å². The van der Waals surface area contributed by atoms with Gasteiger partial charge in [-0.2, -0.15) is 5.10 Å². The smallest absolute Gasteiger partial charge is 0.271 e. The van der Waals surface area contributed by atoms with Crippen LogP contribution in [0.15, 0.2) is 78.9 Å². The maximum absolute atomic E-state index is 13.1. The first-order valence-corrected chi connectivity index (χ1v) is 10.2. The van der Waals surface area contributed by atoms with E-state index < -0.39 is 4.92 Å². The molecule has 0 radical (unpaired) electrons. The standard InChI is InChI=1S/C25H22N4O3/c1-17-11-12-20(13-18(17)2)23-15-24(25(30)26-16-19-7-4-3-5-8-19)28(27-23)21-9-6-10-22(14-21)29(31)32/h3-15H,16H2,1-2H3,(H,26,30). The summed E-state index contributed by atoms with van der Waals surface area (Å²) in [5, 5.41) is 18.8. The number of hydrogen-bond acceptors (Lipinski definition) is 4. The molecule has 0 atom stereocenters. The lowest BCUT2D eigenvalue weighted by Gasteiger charge is -2.08. The summed E-state index contributed by atoms with van der Waals surface area (Å²) in [6.07, 6.45) is 0. The van der Waals surface area contributed by atoms with E-state index in [1.54, 1.807) is 18.2 Å². The van der Waals surface area contributed by atoms with E-state index >= 15 is 0 Å². The molecule has 7 heteroatoms. The Labute approximate surface area is 185 Å². The lowest BCUT2D eigenvalue weighted by atomic mass is 10.0. The van der Waals surface area contributed by atoms with E-state index in [9.17, 15) is 14.9 Å². The van der Waals surface area contributed by atoms with Crippen LogP contribution in [0.3, 0.4) is 0 Å². The van der Waals surface area contributed by atoms with Crippen molar-refractivity contribution in [3.05, 3.63) is 111 Å². The molecule has 4 rings (SSSR count). The van der Waals surface area contributed by atoms with Gasteiger partial charge >= 0.3 is 0 Å². The van der Waals surface area contributed by atoms with Gasteiger partial charge < -0.3 is 5.32 Å². The monoisotopic (exact) mass is 426 g/mol. The van der Waals surface area contributed by atoms with Crippen molar-refractivity contribution in [3.8, 4) is 16.9 Å². The molecule has 160 valence electrons. The molecule has 0 saturated carbocycles. The van der Waals surface area contributed by atoms with Gasteiger partial charge in [-0.15, -0.1) is 0 Å². The molecular weight excluding hydrogens is 404 g/mol. The van der Waals surface area contributed by atoms with Crippen molar-refractivity contribution in [2.45, 2.75) is 20.4 Å². The molecule has 0 spiro atoms. The van der Waals surface area contributed by atoms with Crippen molar-refractivity contribution in [3.63, 3.8) is 0 Å². The third-order valence-electron chi connectivity index (χ3n) is 5.33. The summed E-state index contributed by atoms with van der Waals surface area (Å²) in [5.74, 6) is -0.317. The van der Waals surface area contributed by atoms with Crippen LogP contribution in [0.5, 0.6) is 0 Å². The molecule has 3 aromatic carbocycles.